The summed E-state index contributed by atoms with van der Waals surface area (Å²) in [4.78, 5) is 117. The van der Waals surface area contributed by atoms with Crippen molar-refractivity contribution in [2.45, 2.75) is 101 Å². The quantitative estimate of drug-likeness (QED) is 0.0219. The third kappa shape index (κ3) is 15.6. The van der Waals surface area contributed by atoms with Crippen LogP contribution in [0.4, 0.5) is 27.5 Å². The van der Waals surface area contributed by atoms with E-state index >= 15 is 0 Å². The van der Waals surface area contributed by atoms with Gasteiger partial charge in [-0.05, 0) is 89.2 Å². The van der Waals surface area contributed by atoms with Crippen LogP contribution >= 0.6 is 0 Å². The van der Waals surface area contributed by atoms with E-state index in [9.17, 15) is 58.8 Å². The maximum atomic E-state index is 14.3. The lowest BCUT2D eigenvalue weighted by Gasteiger charge is -2.38. The predicted molar refractivity (Wildman–Crippen MR) is 348 cm³/mol. The van der Waals surface area contributed by atoms with Crippen LogP contribution in [0.1, 0.15) is 88.8 Å². The van der Waals surface area contributed by atoms with Crippen LogP contribution in [0.2, 0.25) is 0 Å². The minimum absolute atomic E-state index is 0.0620. The monoisotopic (exact) mass is 1330 g/mol. The van der Waals surface area contributed by atoms with Crippen LogP contribution in [0.25, 0.3) is 11.1 Å². The van der Waals surface area contributed by atoms with Crippen molar-refractivity contribution >= 4 is 93.8 Å². The zero-order valence-corrected chi connectivity index (χ0v) is 52.9. The molecule has 5 aromatic rings. The highest BCUT2D eigenvalue weighted by Gasteiger charge is 2.48. The average Bonchev–Trinajstić information content (AvgIpc) is 1.65. The van der Waals surface area contributed by atoms with Crippen molar-refractivity contribution in [2.75, 3.05) is 58.3 Å². The number of amides is 7. The number of unbranched alkanes of at least 4 members (excludes halogenated alkanes) is 2. The SMILES string of the molecule is COc1ccc(C2=CN3C(=O)c4cc(OC)c(OCCCOc5cc6c(cc5OC)C(=O)N5C=C(c7cccc(NC(=O)OCc8ccc(OC9OC(C(=O)O)C(O)C(O)C9O)c(NC(=O)CCNC(=O)CCCCCN9C(=O)C=CC9=O)c8)c7)CC5C=N6)cc4N=CC3C2)cc1. The number of rotatable bonds is 27. The van der Waals surface area contributed by atoms with Gasteiger partial charge in [-0.25, -0.2) is 9.59 Å². The molecule has 0 saturated carbocycles. The number of aliphatic imine (C=N–C) groups is 2. The Hall–Kier alpha value is -10.9. The number of fused-ring (bicyclic) bond motifs is 4. The van der Waals surface area contributed by atoms with Gasteiger partial charge >= 0.3 is 12.1 Å². The lowest BCUT2D eigenvalue weighted by molar-refractivity contribution is -0.271. The fraction of sp³-hybridized carbons (Fsp3) is 0.333. The molecule has 1 saturated heterocycles. The molecule has 0 bridgehead atoms. The number of carboxylic acid groups (broad SMARTS) is 1. The second-order valence-corrected chi connectivity index (χ2v) is 23.2. The lowest BCUT2D eigenvalue weighted by Crippen LogP contribution is -2.61. The molecule has 7 N–H and O–H groups in total. The van der Waals surface area contributed by atoms with Crippen LogP contribution < -0.4 is 44.4 Å². The molecule has 6 aliphatic heterocycles. The standard InChI is InChI=1S/C69H70N8O20/c1-90-46-15-13-39(14-16-46)41-27-44-33-71-49-31-55(53(91-2)29-47(49)65(85)76(44)35-41)93-23-8-24-94-56-32-50-48(30-54(56)92-3)66(86)77-36-42(28-45(77)34-72-50)40-9-7-10-43(26-40)73-69(89)95-37-38-12-17-52(96-68-63(84)61(82)62(83)64(97-68)67(87)88)51(25-38)74-58(79)20-21-70-57(78)11-5-4-6-22-75-59(80)18-19-60(75)81/h7,9-10,12-19,25-26,29-36,44-45,61-64,68,82-84H,4-6,8,11,20-24,27-28,37H2,1-3H3,(H,70,78)(H,73,89)(H,74,79)(H,87,88). The molecule has 7 unspecified atom stereocenters. The summed E-state index contributed by atoms with van der Waals surface area (Å²) in [6.45, 7) is 0.208. The molecule has 28 nitrogen and oxygen atoms in total. The van der Waals surface area contributed by atoms with Gasteiger partial charge in [-0.2, -0.15) is 0 Å². The molecule has 0 radical (unpaired) electrons. The third-order valence-corrected chi connectivity index (χ3v) is 16.8. The Morgan fingerprint density at radius 2 is 1.25 bits per heavy atom. The summed E-state index contributed by atoms with van der Waals surface area (Å²) in [7, 11) is 4.59. The fourth-order valence-electron chi connectivity index (χ4n) is 11.6. The van der Waals surface area contributed by atoms with Crippen LogP contribution in [0.15, 0.2) is 126 Å². The van der Waals surface area contributed by atoms with Gasteiger partial charge in [-0.15, -0.1) is 0 Å². The number of aliphatic hydroxyl groups excluding tert-OH is 3. The molecule has 97 heavy (non-hydrogen) atoms. The van der Waals surface area contributed by atoms with Gasteiger partial charge < -0.3 is 78.8 Å². The summed E-state index contributed by atoms with van der Waals surface area (Å²) >= 11 is 0. The highest BCUT2D eigenvalue weighted by molar-refractivity contribution is 6.13. The van der Waals surface area contributed by atoms with Crippen molar-refractivity contribution < 1.29 is 96.7 Å². The lowest BCUT2D eigenvalue weighted by atomic mass is 9.99. The summed E-state index contributed by atoms with van der Waals surface area (Å²) in [5, 5.41) is 49.0. The number of hydrogen-bond donors (Lipinski definition) is 7. The van der Waals surface area contributed by atoms with E-state index in [2.05, 4.69) is 16.0 Å². The van der Waals surface area contributed by atoms with E-state index in [1.54, 1.807) is 78.0 Å². The van der Waals surface area contributed by atoms with Crippen molar-refractivity contribution in [3.63, 3.8) is 0 Å². The number of nitrogens with one attached hydrogen (secondary N) is 3. The topological polar surface area (TPSA) is 362 Å². The van der Waals surface area contributed by atoms with E-state index in [0.29, 0.717) is 95.3 Å². The number of carbonyl (C=O) groups is 8. The van der Waals surface area contributed by atoms with E-state index in [1.165, 1.54) is 44.6 Å². The van der Waals surface area contributed by atoms with Gasteiger partial charge in [-0.1, -0.05) is 36.8 Å². The van der Waals surface area contributed by atoms with Crippen LogP contribution in [0, 0.1) is 0 Å². The van der Waals surface area contributed by atoms with Gasteiger partial charge in [-0.3, -0.25) is 49.0 Å². The summed E-state index contributed by atoms with van der Waals surface area (Å²) in [5.41, 5.74) is 5.58. The van der Waals surface area contributed by atoms with E-state index in [0.717, 1.165) is 27.4 Å². The van der Waals surface area contributed by atoms with Gasteiger partial charge in [0, 0.05) is 100.0 Å². The van der Waals surface area contributed by atoms with Gasteiger partial charge in [0.05, 0.1) is 74.8 Å². The van der Waals surface area contributed by atoms with E-state index < -0.39 is 54.7 Å². The molecule has 5 aromatic carbocycles. The number of nitrogens with zero attached hydrogens (tertiary/aromatic N) is 5. The number of hydrogen-bond acceptors (Lipinski definition) is 21. The highest BCUT2D eigenvalue weighted by Crippen LogP contribution is 2.43. The molecule has 6 heterocycles. The second-order valence-electron chi connectivity index (χ2n) is 23.2. The van der Waals surface area contributed by atoms with Crippen molar-refractivity contribution in [1.82, 2.24) is 20.0 Å². The fourth-order valence-corrected chi connectivity index (χ4v) is 11.6. The number of anilines is 2. The predicted octanol–water partition coefficient (Wildman–Crippen LogP) is 6.45. The maximum absolute atomic E-state index is 14.3. The van der Waals surface area contributed by atoms with Crippen molar-refractivity contribution in [3.8, 4) is 34.5 Å². The van der Waals surface area contributed by atoms with Gasteiger partial charge in [0.25, 0.3) is 23.6 Å². The third-order valence-electron chi connectivity index (χ3n) is 16.8. The first kappa shape index (κ1) is 67.5. The van der Waals surface area contributed by atoms with Gasteiger partial charge in [0.15, 0.2) is 29.1 Å². The Bertz CT molecular complexity index is 4040. The highest BCUT2D eigenvalue weighted by atomic mass is 16.7. The molecule has 506 valence electrons. The zero-order chi connectivity index (χ0) is 68.4. The summed E-state index contributed by atoms with van der Waals surface area (Å²) in [6.07, 6.45) is 1.68. The number of carbonyl (C=O) groups excluding carboxylic acids is 7. The molecule has 1 fully saturated rings. The first-order valence-electron chi connectivity index (χ1n) is 31.2. The number of benzene rings is 5. The van der Waals surface area contributed by atoms with Gasteiger partial charge in [0.2, 0.25) is 18.1 Å². The normalized spacial score (nSPS) is 20.5. The molecule has 7 atom stereocenters. The van der Waals surface area contributed by atoms with E-state index in [1.807, 2.05) is 36.5 Å². The molecule has 28 heteroatoms. The molecule has 11 rings (SSSR count). The smallest absolute Gasteiger partial charge is 0.411 e. The van der Waals surface area contributed by atoms with Gasteiger partial charge in [0.1, 0.15) is 36.4 Å². The number of ether oxygens (including phenoxy) is 8. The minimum atomic E-state index is -2.00. The summed E-state index contributed by atoms with van der Waals surface area (Å²) in [5.74, 6) is -1.89. The second kappa shape index (κ2) is 30.2. The Kier molecular flexibility index (Phi) is 21.0. The van der Waals surface area contributed by atoms with Crippen LogP contribution in [0.5, 0.6) is 34.5 Å². The van der Waals surface area contributed by atoms with E-state index in [-0.39, 0.29) is 98.3 Å². The minimum Gasteiger partial charge on any atom is -0.497 e. The Morgan fingerprint density at radius 1 is 0.619 bits per heavy atom. The molecule has 0 aromatic heterocycles. The first-order valence-corrected chi connectivity index (χ1v) is 31.2. The molecule has 0 aliphatic carbocycles. The number of methoxy groups -OCH3 is 3. The van der Waals surface area contributed by atoms with Crippen LogP contribution in [0.3, 0.4) is 0 Å². The number of aliphatic carboxylic acids is 1. The zero-order valence-electron chi connectivity index (χ0n) is 52.9. The number of aliphatic hydroxyl groups is 3. The molecule has 7 amide bonds. The Labute approximate surface area is 555 Å². The number of imide groups is 1. The van der Waals surface area contributed by atoms with Crippen molar-refractivity contribution in [1.29, 1.82) is 0 Å². The Morgan fingerprint density at radius 3 is 1.86 bits per heavy atom. The average molecular weight is 1330 g/mol. The molecular formula is C69H70N8O20. The maximum Gasteiger partial charge on any atom is 0.411 e. The Balaban J connectivity index is 0.671. The van der Waals surface area contributed by atoms with Crippen LogP contribution in [-0.2, 0) is 40.1 Å². The summed E-state index contributed by atoms with van der Waals surface area (Å²) < 4.78 is 45.7. The summed E-state index contributed by atoms with van der Waals surface area (Å²) in [6, 6.07) is 24.6. The molecule has 6 aliphatic rings. The largest absolute Gasteiger partial charge is 0.497 e. The van der Waals surface area contributed by atoms with Crippen molar-refractivity contribution in [3.05, 3.63) is 143 Å². The van der Waals surface area contributed by atoms with Crippen LogP contribution in [-0.4, -0.2) is 185 Å². The molecular weight excluding hydrogens is 1260 g/mol. The molecule has 0 spiro atoms. The van der Waals surface area contributed by atoms with Crippen molar-refractivity contribution in [2.24, 2.45) is 9.98 Å². The first-order chi connectivity index (χ1) is 46.9. The number of carboxylic acids is 1. The van der Waals surface area contributed by atoms with E-state index in [4.69, 9.17) is 47.9 Å².